The van der Waals surface area contributed by atoms with Crippen molar-refractivity contribution in [1.29, 1.82) is 0 Å². The van der Waals surface area contributed by atoms with E-state index in [1.807, 2.05) is 0 Å². The highest BCUT2D eigenvalue weighted by atomic mass is 19.2. The van der Waals surface area contributed by atoms with Gasteiger partial charge in [0, 0.05) is 11.3 Å². The van der Waals surface area contributed by atoms with E-state index in [0.29, 0.717) is 24.0 Å². The largest absolute Gasteiger partial charge is 0.494 e. The number of carbonyl (C=O) groups excluding carboxylic acids is 1. The number of hydrogen-bond acceptors (Lipinski definition) is 3. The second kappa shape index (κ2) is 7.15. The summed E-state index contributed by atoms with van der Waals surface area (Å²) in [6.45, 7) is 1.86. The monoisotopic (exact) mass is 325 g/mol. The van der Waals surface area contributed by atoms with E-state index in [1.54, 1.807) is 6.92 Å². The van der Waals surface area contributed by atoms with Crippen LogP contribution in [0.4, 0.5) is 18.9 Å². The van der Waals surface area contributed by atoms with Crippen molar-refractivity contribution >= 4 is 11.6 Å². The van der Waals surface area contributed by atoms with Crippen molar-refractivity contribution in [3.63, 3.8) is 0 Å². The molecule has 0 fully saturated rings. The molecule has 7 heteroatoms. The van der Waals surface area contributed by atoms with Crippen LogP contribution in [-0.2, 0) is 6.61 Å². The zero-order chi connectivity index (χ0) is 17.0. The number of ether oxygens (including phenoxy) is 1. The summed E-state index contributed by atoms with van der Waals surface area (Å²) in [5.41, 5.74) is 0.0605. The fraction of sp³-hybridized carbons (Fsp3) is 0.188. The average Bonchev–Trinajstić information content (AvgIpc) is 2.54. The lowest BCUT2D eigenvalue weighted by Crippen LogP contribution is -2.15. The van der Waals surface area contributed by atoms with E-state index in [1.165, 1.54) is 18.2 Å². The molecular weight excluding hydrogens is 311 g/mol. The third-order valence-electron chi connectivity index (χ3n) is 3.07. The summed E-state index contributed by atoms with van der Waals surface area (Å²) >= 11 is 0. The second-order valence-electron chi connectivity index (χ2n) is 4.59. The van der Waals surface area contributed by atoms with Gasteiger partial charge in [-0.3, -0.25) is 4.79 Å². The van der Waals surface area contributed by atoms with Gasteiger partial charge in [0.05, 0.1) is 18.8 Å². The van der Waals surface area contributed by atoms with Gasteiger partial charge < -0.3 is 15.2 Å². The standard InChI is InChI=1S/C16H14F3NO3/c1-2-23-13-6-3-10(7-9(13)8-21)20-16(22)11-4-5-12(17)15(19)14(11)18/h3-7,21H,2,8H2,1H3,(H,20,22). The molecule has 2 aromatic rings. The Labute approximate surface area is 130 Å². The first kappa shape index (κ1) is 16.8. The third kappa shape index (κ3) is 3.62. The van der Waals surface area contributed by atoms with E-state index in [0.717, 1.165) is 6.07 Å². The van der Waals surface area contributed by atoms with Crippen LogP contribution in [0.15, 0.2) is 30.3 Å². The van der Waals surface area contributed by atoms with Crippen LogP contribution in [-0.4, -0.2) is 17.6 Å². The number of hydrogen-bond donors (Lipinski definition) is 2. The lowest BCUT2D eigenvalue weighted by Gasteiger charge is -2.12. The van der Waals surface area contributed by atoms with Gasteiger partial charge in [0.2, 0.25) is 0 Å². The summed E-state index contributed by atoms with van der Waals surface area (Å²) < 4.78 is 44.9. The van der Waals surface area contributed by atoms with E-state index < -0.39 is 28.9 Å². The Morgan fingerprint density at radius 2 is 1.91 bits per heavy atom. The number of carbonyl (C=O) groups is 1. The van der Waals surface area contributed by atoms with Crippen LogP contribution < -0.4 is 10.1 Å². The van der Waals surface area contributed by atoms with Gasteiger partial charge in [-0.25, -0.2) is 13.2 Å². The number of nitrogens with one attached hydrogen (secondary N) is 1. The SMILES string of the molecule is CCOc1ccc(NC(=O)c2ccc(F)c(F)c2F)cc1CO. The van der Waals surface area contributed by atoms with Gasteiger partial charge >= 0.3 is 0 Å². The van der Waals surface area contributed by atoms with E-state index >= 15 is 0 Å². The van der Waals surface area contributed by atoms with Crippen LogP contribution >= 0.6 is 0 Å². The Kier molecular flexibility index (Phi) is 5.23. The number of anilines is 1. The smallest absolute Gasteiger partial charge is 0.258 e. The van der Waals surface area contributed by atoms with Crippen molar-refractivity contribution in [3.05, 3.63) is 58.9 Å². The molecule has 2 N–H and O–H groups in total. The Morgan fingerprint density at radius 3 is 2.57 bits per heavy atom. The molecule has 0 atom stereocenters. The fourth-order valence-electron chi connectivity index (χ4n) is 1.98. The van der Waals surface area contributed by atoms with Gasteiger partial charge in [-0.1, -0.05) is 0 Å². The number of benzene rings is 2. The Morgan fingerprint density at radius 1 is 1.17 bits per heavy atom. The molecule has 0 aliphatic rings. The van der Waals surface area contributed by atoms with Crippen molar-refractivity contribution in [1.82, 2.24) is 0 Å². The lowest BCUT2D eigenvalue weighted by molar-refractivity contribution is 0.102. The predicted octanol–water partition coefficient (Wildman–Crippen LogP) is 3.25. The first-order chi connectivity index (χ1) is 11.0. The zero-order valence-electron chi connectivity index (χ0n) is 12.2. The first-order valence-electron chi connectivity index (χ1n) is 6.79. The number of aliphatic hydroxyl groups excluding tert-OH is 1. The molecule has 0 spiro atoms. The number of halogens is 3. The molecule has 0 heterocycles. The maximum absolute atomic E-state index is 13.6. The molecule has 0 aliphatic carbocycles. The average molecular weight is 325 g/mol. The highest BCUT2D eigenvalue weighted by molar-refractivity contribution is 6.04. The minimum atomic E-state index is -1.71. The molecule has 0 bridgehead atoms. The van der Waals surface area contributed by atoms with Crippen LogP contribution in [0.2, 0.25) is 0 Å². The number of rotatable bonds is 5. The van der Waals surface area contributed by atoms with E-state index in [9.17, 15) is 23.1 Å². The topological polar surface area (TPSA) is 58.6 Å². The first-order valence-corrected chi connectivity index (χ1v) is 6.79. The third-order valence-corrected chi connectivity index (χ3v) is 3.07. The lowest BCUT2D eigenvalue weighted by atomic mass is 10.1. The molecule has 2 aromatic carbocycles. The molecule has 0 radical (unpaired) electrons. The van der Waals surface area contributed by atoms with Gasteiger partial charge in [-0.2, -0.15) is 0 Å². The van der Waals surface area contributed by atoms with Gasteiger partial charge in [-0.15, -0.1) is 0 Å². The summed E-state index contributed by atoms with van der Waals surface area (Å²) in [5, 5.41) is 11.6. The minimum absolute atomic E-state index is 0.256. The molecule has 1 amide bonds. The molecular formula is C16H14F3NO3. The van der Waals surface area contributed by atoms with Crippen molar-refractivity contribution in [2.24, 2.45) is 0 Å². The van der Waals surface area contributed by atoms with Crippen molar-refractivity contribution < 1.29 is 27.8 Å². The van der Waals surface area contributed by atoms with Crippen molar-refractivity contribution in [2.75, 3.05) is 11.9 Å². The number of amides is 1. The molecule has 23 heavy (non-hydrogen) atoms. The van der Waals surface area contributed by atoms with Crippen LogP contribution in [0, 0.1) is 17.5 Å². The maximum Gasteiger partial charge on any atom is 0.258 e. The zero-order valence-corrected chi connectivity index (χ0v) is 12.2. The second-order valence-corrected chi connectivity index (χ2v) is 4.59. The van der Waals surface area contributed by atoms with E-state index in [-0.39, 0.29) is 12.3 Å². The molecule has 2 rings (SSSR count). The van der Waals surface area contributed by atoms with E-state index in [2.05, 4.69) is 5.32 Å². The molecule has 0 saturated carbocycles. The molecule has 122 valence electrons. The predicted molar refractivity (Wildman–Crippen MR) is 77.8 cm³/mol. The molecule has 0 aliphatic heterocycles. The molecule has 0 saturated heterocycles. The van der Waals surface area contributed by atoms with Crippen LogP contribution in [0.3, 0.4) is 0 Å². The Hall–Kier alpha value is -2.54. The minimum Gasteiger partial charge on any atom is -0.494 e. The van der Waals surface area contributed by atoms with Crippen molar-refractivity contribution in [3.8, 4) is 5.75 Å². The quantitative estimate of drug-likeness (QED) is 0.830. The van der Waals surface area contributed by atoms with Gasteiger partial charge in [0.1, 0.15) is 5.75 Å². The molecule has 4 nitrogen and oxygen atoms in total. The van der Waals surface area contributed by atoms with Crippen molar-refractivity contribution in [2.45, 2.75) is 13.5 Å². The maximum atomic E-state index is 13.6. The Balaban J connectivity index is 2.25. The highest BCUT2D eigenvalue weighted by Gasteiger charge is 2.19. The summed E-state index contributed by atoms with van der Waals surface area (Å²) in [4.78, 5) is 12.0. The van der Waals surface area contributed by atoms with Gasteiger partial charge in [-0.05, 0) is 37.3 Å². The van der Waals surface area contributed by atoms with Gasteiger partial charge in [0.25, 0.3) is 5.91 Å². The molecule has 0 aromatic heterocycles. The van der Waals surface area contributed by atoms with Crippen LogP contribution in [0.25, 0.3) is 0 Å². The normalized spacial score (nSPS) is 10.5. The summed E-state index contributed by atoms with van der Waals surface area (Å²) in [6.07, 6.45) is 0. The summed E-state index contributed by atoms with van der Waals surface area (Å²) in [5.74, 6) is -5.12. The number of aliphatic hydroxyl groups is 1. The van der Waals surface area contributed by atoms with Crippen LogP contribution in [0.5, 0.6) is 5.75 Å². The van der Waals surface area contributed by atoms with Crippen LogP contribution in [0.1, 0.15) is 22.8 Å². The van der Waals surface area contributed by atoms with E-state index in [4.69, 9.17) is 4.74 Å². The fourth-order valence-corrected chi connectivity index (χ4v) is 1.98. The Bertz CT molecular complexity index is 735. The summed E-state index contributed by atoms with van der Waals surface area (Å²) in [6, 6.07) is 5.99. The molecule has 0 unspecified atom stereocenters. The highest BCUT2D eigenvalue weighted by Crippen LogP contribution is 2.24. The van der Waals surface area contributed by atoms with Gasteiger partial charge in [0.15, 0.2) is 17.5 Å². The summed E-state index contributed by atoms with van der Waals surface area (Å²) in [7, 11) is 0.